The molecule has 1 atom stereocenters. The highest BCUT2D eigenvalue weighted by Gasteiger charge is 2.34. The number of nitrogens with zero attached hydrogens (tertiary/aromatic N) is 4. The van der Waals surface area contributed by atoms with Gasteiger partial charge in [-0.15, -0.1) is 5.10 Å². The number of likely N-dealkylation sites (tertiary alicyclic amines) is 1. The van der Waals surface area contributed by atoms with Gasteiger partial charge in [-0.25, -0.2) is 14.6 Å². The van der Waals surface area contributed by atoms with Crippen LogP contribution in [0.2, 0.25) is 0 Å². The summed E-state index contributed by atoms with van der Waals surface area (Å²) in [6, 6.07) is -1.28. The molecule has 1 aromatic rings. The molecular weight excluding hydrogens is 250 g/mol. The Bertz CT molecular complexity index is 519. The van der Waals surface area contributed by atoms with E-state index in [1.807, 2.05) is 0 Å². The summed E-state index contributed by atoms with van der Waals surface area (Å²) in [5.74, 6) is -0.907. The number of hydrogen-bond acceptors (Lipinski definition) is 5. The number of carboxylic acid groups (broad SMARTS) is 1. The lowest BCUT2D eigenvalue weighted by molar-refractivity contribution is -0.141. The van der Waals surface area contributed by atoms with Crippen molar-refractivity contribution < 1.29 is 14.7 Å². The fourth-order valence-electron chi connectivity index (χ4n) is 1.94. The van der Waals surface area contributed by atoms with E-state index in [1.165, 1.54) is 4.90 Å². The molecule has 0 spiro atoms. The van der Waals surface area contributed by atoms with Crippen molar-refractivity contribution in [3.05, 3.63) is 11.4 Å². The maximum atomic E-state index is 12.0. The van der Waals surface area contributed by atoms with E-state index in [4.69, 9.17) is 5.11 Å². The number of urea groups is 1. The second-order valence-electron chi connectivity index (χ2n) is 4.43. The standard InChI is InChI=1S/C11H15N5O3/c1-6-7(2)14-15-10(12-6)13-11(19)16-5-3-4-8(16)9(17)18/h8H,3-5H2,1-2H3,(H,17,18)(H,12,13,15,19)/t8-/m1/s1. The van der Waals surface area contributed by atoms with Crippen LogP contribution < -0.4 is 5.32 Å². The molecule has 2 amide bonds. The fourth-order valence-corrected chi connectivity index (χ4v) is 1.94. The van der Waals surface area contributed by atoms with Crippen molar-refractivity contribution >= 4 is 17.9 Å². The molecule has 0 saturated carbocycles. The predicted molar refractivity (Wildman–Crippen MR) is 65.7 cm³/mol. The summed E-state index contributed by atoms with van der Waals surface area (Å²) >= 11 is 0. The van der Waals surface area contributed by atoms with Crippen molar-refractivity contribution in [2.45, 2.75) is 32.7 Å². The second-order valence-corrected chi connectivity index (χ2v) is 4.43. The van der Waals surface area contributed by atoms with E-state index in [0.29, 0.717) is 30.8 Å². The minimum absolute atomic E-state index is 0.0872. The molecule has 1 aromatic heterocycles. The van der Waals surface area contributed by atoms with Crippen LogP contribution in [0.4, 0.5) is 10.7 Å². The molecule has 2 N–H and O–H groups in total. The third-order valence-electron chi connectivity index (χ3n) is 3.11. The lowest BCUT2D eigenvalue weighted by Gasteiger charge is -2.21. The third kappa shape index (κ3) is 2.78. The number of aliphatic carboxylic acids is 1. The number of hydrogen-bond donors (Lipinski definition) is 2. The lowest BCUT2D eigenvalue weighted by atomic mass is 10.2. The molecule has 2 rings (SSSR count). The highest BCUT2D eigenvalue weighted by Crippen LogP contribution is 2.18. The van der Waals surface area contributed by atoms with Crippen LogP contribution in [-0.4, -0.2) is 49.8 Å². The Balaban J connectivity index is 2.08. The summed E-state index contributed by atoms with van der Waals surface area (Å²) in [6.07, 6.45) is 1.14. The van der Waals surface area contributed by atoms with Gasteiger partial charge in [0.1, 0.15) is 6.04 Å². The van der Waals surface area contributed by atoms with Crippen molar-refractivity contribution in [3.8, 4) is 0 Å². The number of anilines is 1. The van der Waals surface area contributed by atoms with Crippen LogP contribution >= 0.6 is 0 Å². The van der Waals surface area contributed by atoms with Gasteiger partial charge in [0.25, 0.3) is 5.95 Å². The molecule has 1 fully saturated rings. The summed E-state index contributed by atoms with van der Waals surface area (Å²) in [5, 5.41) is 19.1. The van der Waals surface area contributed by atoms with Gasteiger partial charge in [0.2, 0.25) is 0 Å². The Kier molecular flexibility index (Phi) is 3.59. The van der Waals surface area contributed by atoms with E-state index >= 15 is 0 Å². The zero-order chi connectivity index (χ0) is 14.0. The Morgan fingerprint density at radius 2 is 2.05 bits per heavy atom. The van der Waals surface area contributed by atoms with Crippen LogP contribution in [0.3, 0.4) is 0 Å². The highest BCUT2D eigenvalue weighted by atomic mass is 16.4. The molecule has 0 unspecified atom stereocenters. The Hall–Kier alpha value is -2.25. The van der Waals surface area contributed by atoms with E-state index in [9.17, 15) is 9.59 Å². The number of carbonyl (C=O) groups excluding carboxylic acids is 1. The molecule has 0 aromatic carbocycles. The normalized spacial score (nSPS) is 18.4. The Labute approximate surface area is 109 Å². The molecule has 2 heterocycles. The third-order valence-corrected chi connectivity index (χ3v) is 3.11. The lowest BCUT2D eigenvalue weighted by Crippen LogP contribution is -2.43. The molecule has 1 saturated heterocycles. The first-order valence-electron chi connectivity index (χ1n) is 5.97. The summed E-state index contributed by atoms with van der Waals surface area (Å²) in [6.45, 7) is 3.94. The molecule has 1 aliphatic heterocycles. The average molecular weight is 265 g/mol. The van der Waals surface area contributed by atoms with Crippen LogP contribution in [0.5, 0.6) is 0 Å². The zero-order valence-electron chi connectivity index (χ0n) is 10.8. The van der Waals surface area contributed by atoms with E-state index in [2.05, 4.69) is 20.5 Å². The Morgan fingerprint density at radius 1 is 1.32 bits per heavy atom. The SMILES string of the molecule is Cc1nnc(NC(=O)N2CCC[C@@H]2C(=O)O)nc1C. The molecule has 0 aliphatic carbocycles. The molecular formula is C11H15N5O3. The first-order valence-corrected chi connectivity index (χ1v) is 5.97. The molecule has 0 radical (unpaired) electrons. The number of rotatable bonds is 2. The minimum Gasteiger partial charge on any atom is -0.480 e. The summed E-state index contributed by atoms with van der Waals surface area (Å²) in [5.41, 5.74) is 1.35. The van der Waals surface area contributed by atoms with Gasteiger partial charge in [-0.2, -0.15) is 5.10 Å². The molecule has 102 valence electrons. The topological polar surface area (TPSA) is 108 Å². The molecule has 8 heteroatoms. The van der Waals surface area contributed by atoms with Gasteiger partial charge in [0.15, 0.2) is 0 Å². The van der Waals surface area contributed by atoms with Gasteiger partial charge >= 0.3 is 12.0 Å². The smallest absolute Gasteiger partial charge is 0.326 e. The van der Waals surface area contributed by atoms with Gasteiger partial charge in [-0.05, 0) is 26.7 Å². The number of nitrogens with one attached hydrogen (secondary N) is 1. The summed E-state index contributed by atoms with van der Waals surface area (Å²) in [7, 11) is 0. The van der Waals surface area contributed by atoms with Gasteiger partial charge < -0.3 is 10.0 Å². The second kappa shape index (κ2) is 5.17. The van der Waals surface area contributed by atoms with Gasteiger partial charge in [-0.3, -0.25) is 5.32 Å². The number of aryl methyl sites for hydroxylation is 2. The maximum Gasteiger partial charge on any atom is 0.326 e. The zero-order valence-corrected chi connectivity index (χ0v) is 10.8. The average Bonchev–Trinajstić information content (AvgIpc) is 2.83. The summed E-state index contributed by atoms with van der Waals surface area (Å²) < 4.78 is 0. The number of carboxylic acids is 1. The van der Waals surface area contributed by atoms with E-state index in [1.54, 1.807) is 13.8 Å². The van der Waals surface area contributed by atoms with Crippen LogP contribution in [0.15, 0.2) is 0 Å². The molecule has 1 aliphatic rings. The Morgan fingerprint density at radius 3 is 2.68 bits per heavy atom. The number of amides is 2. The molecule has 0 bridgehead atoms. The van der Waals surface area contributed by atoms with Crippen molar-refractivity contribution in [2.75, 3.05) is 11.9 Å². The van der Waals surface area contributed by atoms with Crippen LogP contribution in [0.25, 0.3) is 0 Å². The number of carbonyl (C=O) groups is 2. The van der Waals surface area contributed by atoms with Crippen LogP contribution in [0.1, 0.15) is 24.2 Å². The number of aromatic nitrogens is 3. The van der Waals surface area contributed by atoms with Crippen molar-refractivity contribution in [2.24, 2.45) is 0 Å². The van der Waals surface area contributed by atoms with Crippen molar-refractivity contribution in [1.82, 2.24) is 20.1 Å². The quantitative estimate of drug-likeness (QED) is 0.809. The van der Waals surface area contributed by atoms with Crippen LogP contribution in [0, 0.1) is 13.8 Å². The molecule has 8 nitrogen and oxygen atoms in total. The first kappa shape index (κ1) is 13.2. The van der Waals surface area contributed by atoms with E-state index in [-0.39, 0.29) is 5.95 Å². The monoisotopic (exact) mass is 265 g/mol. The first-order chi connectivity index (χ1) is 8.99. The van der Waals surface area contributed by atoms with Gasteiger partial charge in [-0.1, -0.05) is 0 Å². The van der Waals surface area contributed by atoms with Gasteiger partial charge in [0.05, 0.1) is 11.4 Å². The van der Waals surface area contributed by atoms with E-state index in [0.717, 1.165) is 0 Å². The summed E-state index contributed by atoms with van der Waals surface area (Å²) in [4.78, 5) is 28.3. The van der Waals surface area contributed by atoms with E-state index < -0.39 is 18.0 Å². The van der Waals surface area contributed by atoms with Crippen LogP contribution in [-0.2, 0) is 4.79 Å². The van der Waals surface area contributed by atoms with Gasteiger partial charge in [0, 0.05) is 6.54 Å². The minimum atomic E-state index is -0.994. The predicted octanol–water partition coefficient (Wildman–Crippen LogP) is 0.569. The largest absolute Gasteiger partial charge is 0.480 e. The fraction of sp³-hybridized carbons (Fsp3) is 0.545. The van der Waals surface area contributed by atoms with Crippen molar-refractivity contribution in [1.29, 1.82) is 0 Å². The molecule has 19 heavy (non-hydrogen) atoms. The maximum absolute atomic E-state index is 12.0. The van der Waals surface area contributed by atoms with Crippen molar-refractivity contribution in [3.63, 3.8) is 0 Å². The highest BCUT2D eigenvalue weighted by molar-refractivity contribution is 5.91.